The summed E-state index contributed by atoms with van der Waals surface area (Å²) in [7, 11) is 0. The second-order valence-electron chi connectivity index (χ2n) is 11.8. The molecule has 2 N–H and O–H groups in total. The molecule has 0 saturated heterocycles. The first-order chi connectivity index (χ1) is 12.5. The lowest BCUT2D eigenvalue weighted by Crippen LogP contribution is -2.63. The van der Waals surface area contributed by atoms with Crippen molar-refractivity contribution in [3.05, 3.63) is 0 Å². The minimum absolute atomic E-state index is 0.0413. The van der Waals surface area contributed by atoms with Crippen LogP contribution in [0.3, 0.4) is 0 Å². The number of halogens is 1. The van der Waals surface area contributed by atoms with Crippen LogP contribution in [0.5, 0.6) is 0 Å². The van der Waals surface area contributed by atoms with Gasteiger partial charge in [-0.05, 0) is 91.3 Å². The number of hydrogen-bond acceptors (Lipinski definition) is 2. The minimum Gasteiger partial charge on any atom is -0.393 e. The zero-order valence-corrected chi connectivity index (χ0v) is 19.7. The topological polar surface area (TPSA) is 40.5 Å². The molecule has 0 bridgehead atoms. The first kappa shape index (κ1) is 20.7. The van der Waals surface area contributed by atoms with E-state index in [0.29, 0.717) is 17.8 Å². The van der Waals surface area contributed by atoms with E-state index < -0.39 is 0 Å². The summed E-state index contributed by atoms with van der Waals surface area (Å²) >= 11 is 3.75. The van der Waals surface area contributed by atoms with Crippen molar-refractivity contribution in [1.82, 2.24) is 0 Å². The molecule has 27 heavy (non-hydrogen) atoms. The standard InChI is InChI=1S/C24H41BrO2/c1-15(14-25)22(3)11-8-18-17-7-9-21(2)13-16(26)6-10-23(21,4)19(17)12-20(27)24(18,22)5/h15-20,26-27H,6-14H2,1-5H3/t15-,16-,17?,18?,19?,20+,21?,22+,23-,24-/m1/s1. The van der Waals surface area contributed by atoms with Crippen molar-refractivity contribution in [1.29, 1.82) is 0 Å². The van der Waals surface area contributed by atoms with Gasteiger partial charge in [0.1, 0.15) is 0 Å². The van der Waals surface area contributed by atoms with Crippen molar-refractivity contribution >= 4 is 15.9 Å². The van der Waals surface area contributed by atoms with E-state index in [2.05, 4.69) is 50.5 Å². The number of hydrogen-bond donors (Lipinski definition) is 2. The Morgan fingerprint density at radius 2 is 1.67 bits per heavy atom. The highest BCUT2D eigenvalue weighted by Crippen LogP contribution is 2.73. The highest BCUT2D eigenvalue weighted by molar-refractivity contribution is 9.09. The van der Waals surface area contributed by atoms with E-state index in [-0.39, 0.29) is 33.9 Å². The number of alkyl halides is 1. The van der Waals surface area contributed by atoms with Crippen molar-refractivity contribution in [2.75, 3.05) is 5.33 Å². The summed E-state index contributed by atoms with van der Waals surface area (Å²) in [6.45, 7) is 12.2. The molecule has 0 spiro atoms. The monoisotopic (exact) mass is 440 g/mol. The Kier molecular flexibility index (Phi) is 4.93. The Labute approximate surface area is 175 Å². The third-order valence-electron chi connectivity index (χ3n) is 11.4. The lowest BCUT2D eigenvalue weighted by molar-refractivity contribution is -0.213. The van der Waals surface area contributed by atoms with E-state index in [1.165, 1.54) is 25.7 Å². The summed E-state index contributed by atoms with van der Waals surface area (Å²) in [6, 6.07) is 0. The molecule has 4 unspecified atom stereocenters. The van der Waals surface area contributed by atoms with Gasteiger partial charge in [0.2, 0.25) is 0 Å². The van der Waals surface area contributed by atoms with E-state index in [9.17, 15) is 10.2 Å². The Morgan fingerprint density at radius 3 is 2.33 bits per heavy atom. The van der Waals surface area contributed by atoms with Crippen LogP contribution >= 0.6 is 15.9 Å². The molecule has 3 heteroatoms. The van der Waals surface area contributed by atoms with Gasteiger partial charge in [0.25, 0.3) is 0 Å². The van der Waals surface area contributed by atoms with Gasteiger partial charge in [-0.25, -0.2) is 0 Å². The maximum atomic E-state index is 11.6. The smallest absolute Gasteiger partial charge is 0.0604 e. The molecule has 4 fully saturated rings. The van der Waals surface area contributed by atoms with E-state index in [0.717, 1.165) is 36.9 Å². The van der Waals surface area contributed by atoms with Gasteiger partial charge in [-0.15, -0.1) is 0 Å². The molecule has 4 aliphatic rings. The highest BCUT2D eigenvalue weighted by atomic mass is 79.9. The average Bonchev–Trinajstić information content (AvgIpc) is 2.90. The van der Waals surface area contributed by atoms with Gasteiger partial charge in [0.05, 0.1) is 12.2 Å². The molecule has 0 aromatic heterocycles. The Morgan fingerprint density at radius 1 is 0.963 bits per heavy atom. The third kappa shape index (κ3) is 2.49. The molecule has 4 aliphatic carbocycles. The molecular formula is C24H41BrO2. The zero-order valence-electron chi connectivity index (χ0n) is 18.1. The molecule has 2 nitrogen and oxygen atoms in total. The van der Waals surface area contributed by atoms with E-state index in [1.54, 1.807) is 0 Å². The molecule has 10 atom stereocenters. The molecule has 0 aromatic rings. The number of rotatable bonds is 2. The normalized spacial score (nSPS) is 58.9. The van der Waals surface area contributed by atoms with Gasteiger partial charge >= 0.3 is 0 Å². The second kappa shape index (κ2) is 6.45. The second-order valence-corrected chi connectivity index (χ2v) is 12.5. The van der Waals surface area contributed by atoms with Crippen LogP contribution in [0.1, 0.15) is 86.0 Å². The zero-order chi connectivity index (χ0) is 19.8. The maximum absolute atomic E-state index is 11.6. The average molecular weight is 441 g/mol. The van der Waals surface area contributed by atoms with E-state index in [4.69, 9.17) is 0 Å². The molecular weight excluding hydrogens is 400 g/mol. The summed E-state index contributed by atoms with van der Waals surface area (Å²) in [5.74, 6) is 2.63. The fraction of sp³-hybridized carbons (Fsp3) is 1.00. The molecule has 4 rings (SSSR count). The molecule has 0 heterocycles. The van der Waals surface area contributed by atoms with E-state index >= 15 is 0 Å². The van der Waals surface area contributed by atoms with Gasteiger partial charge in [0.15, 0.2) is 0 Å². The Balaban J connectivity index is 1.71. The Hall–Kier alpha value is 0.400. The summed E-state index contributed by atoms with van der Waals surface area (Å²) in [6.07, 6.45) is 8.82. The predicted molar refractivity (Wildman–Crippen MR) is 115 cm³/mol. The fourth-order valence-electron chi connectivity index (χ4n) is 8.89. The largest absolute Gasteiger partial charge is 0.393 e. The summed E-state index contributed by atoms with van der Waals surface area (Å²) in [5.41, 5.74) is 0.775. The van der Waals surface area contributed by atoms with Crippen molar-refractivity contribution in [3.8, 4) is 0 Å². The van der Waals surface area contributed by atoms with Crippen LogP contribution in [0.4, 0.5) is 0 Å². The molecule has 0 aromatic carbocycles. The van der Waals surface area contributed by atoms with Crippen molar-refractivity contribution < 1.29 is 10.2 Å². The minimum atomic E-state index is -0.191. The Bertz CT molecular complexity index is 595. The molecule has 0 amide bonds. The lowest BCUT2D eigenvalue weighted by atomic mass is 9.39. The van der Waals surface area contributed by atoms with Crippen LogP contribution < -0.4 is 0 Å². The molecule has 156 valence electrons. The van der Waals surface area contributed by atoms with Crippen LogP contribution in [0.25, 0.3) is 0 Å². The van der Waals surface area contributed by atoms with Crippen LogP contribution in [0.2, 0.25) is 0 Å². The van der Waals surface area contributed by atoms with Crippen LogP contribution in [-0.4, -0.2) is 27.8 Å². The number of aliphatic hydroxyl groups excluding tert-OH is 2. The summed E-state index contributed by atoms with van der Waals surface area (Å²) in [4.78, 5) is 0. The molecule has 0 aliphatic heterocycles. The quantitative estimate of drug-likeness (QED) is 0.533. The highest BCUT2D eigenvalue weighted by Gasteiger charge is 2.68. The predicted octanol–water partition coefficient (Wildman–Crippen LogP) is 5.79. The lowest BCUT2D eigenvalue weighted by Gasteiger charge is -2.67. The molecule has 0 radical (unpaired) electrons. The van der Waals surface area contributed by atoms with Gasteiger partial charge in [-0.3, -0.25) is 0 Å². The molecule has 4 saturated carbocycles. The van der Waals surface area contributed by atoms with Gasteiger partial charge in [-0.1, -0.05) is 50.5 Å². The maximum Gasteiger partial charge on any atom is 0.0604 e. The first-order valence-corrected chi connectivity index (χ1v) is 12.6. The third-order valence-corrected chi connectivity index (χ3v) is 12.4. The van der Waals surface area contributed by atoms with Gasteiger partial charge in [-0.2, -0.15) is 0 Å². The van der Waals surface area contributed by atoms with Crippen molar-refractivity contribution in [3.63, 3.8) is 0 Å². The van der Waals surface area contributed by atoms with Gasteiger partial charge < -0.3 is 10.2 Å². The number of fused-ring (bicyclic) bond motifs is 5. The summed E-state index contributed by atoms with van der Waals surface area (Å²) in [5, 5.41) is 23.0. The fourth-order valence-corrected chi connectivity index (χ4v) is 9.60. The van der Waals surface area contributed by atoms with Crippen LogP contribution in [0, 0.1) is 45.3 Å². The van der Waals surface area contributed by atoms with Gasteiger partial charge in [0, 0.05) is 10.7 Å². The van der Waals surface area contributed by atoms with Crippen LogP contribution in [0.15, 0.2) is 0 Å². The van der Waals surface area contributed by atoms with Crippen LogP contribution in [-0.2, 0) is 0 Å². The van der Waals surface area contributed by atoms with Crippen molar-refractivity contribution in [2.45, 2.75) is 98.2 Å². The summed E-state index contributed by atoms with van der Waals surface area (Å²) < 4.78 is 0. The first-order valence-electron chi connectivity index (χ1n) is 11.5. The van der Waals surface area contributed by atoms with Crippen molar-refractivity contribution in [2.24, 2.45) is 45.3 Å². The van der Waals surface area contributed by atoms with E-state index in [1.807, 2.05) is 0 Å². The SMILES string of the molecule is C[C@H](CBr)[C@]1(C)CCC2C3CCC4(C)C[C@H](O)CC[C@]4(C)C3C[C@H](O)[C@@]21C. The number of aliphatic hydroxyl groups is 2.